The highest BCUT2D eigenvalue weighted by molar-refractivity contribution is 7.89. The Morgan fingerprint density at radius 2 is 2.23 bits per heavy atom. The minimum atomic E-state index is -3.86. The highest BCUT2D eigenvalue weighted by Crippen LogP contribution is 2.32. The summed E-state index contributed by atoms with van der Waals surface area (Å²) in [5, 5.41) is 10.9. The molecule has 1 fully saturated rings. The van der Waals surface area contributed by atoms with Gasteiger partial charge in [0, 0.05) is 25.2 Å². The van der Waals surface area contributed by atoms with E-state index >= 15 is 0 Å². The number of non-ortho nitro benzene ring substituents is 1. The molecule has 2 rings (SSSR count). The van der Waals surface area contributed by atoms with Gasteiger partial charge in [0.15, 0.2) is 0 Å². The van der Waals surface area contributed by atoms with Gasteiger partial charge < -0.3 is 10.5 Å². The third kappa shape index (κ3) is 3.21. The van der Waals surface area contributed by atoms with Crippen molar-refractivity contribution in [2.24, 2.45) is 11.7 Å². The molecule has 1 atom stereocenters. The summed E-state index contributed by atoms with van der Waals surface area (Å²) in [6, 6.07) is 3.56. The fourth-order valence-electron chi connectivity index (χ4n) is 2.56. The largest absolute Gasteiger partial charge is 0.495 e. The second kappa shape index (κ2) is 6.59. The first-order valence-corrected chi connectivity index (χ1v) is 8.36. The number of ether oxygens (including phenoxy) is 1. The van der Waals surface area contributed by atoms with E-state index in [-0.39, 0.29) is 22.3 Å². The minimum Gasteiger partial charge on any atom is -0.495 e. The van der Waals surface area contributed by atoms with Crippen LogP contribution in [0.3, 0.4) is 0 Å². The smallest absolute Gasteiger partial charge is 0.271 e. The number of nitrogens with zero attached hydrogens (tertiary/aromatic N) is 2. The molecule has 1 saturated heterocycles. The van der Waals surface area contributed by atoms with Crippen LogP contribution in [0.15, 0.2) is 23.1 Å². The van der Waals surface area contributed by atoms with Crippen molar-refractivity contribution in [3.8, 4) is 5.75 Å². The van der Waals surface area contributed by atoms with Crippen molar-refractivity contribution in [2.45, 2.75) is 17.7 Å². The van der Waals surface area contributed by atoms with E-state index in [9.17, 15) is 18.5 Å². The number of nitro benzene ring substituents is 1. The molecule has 0 amide bonds. The van der Waals surface area contributed by atoms with Crippen molar-refractivity contribution in [1.29, 1.82) is 0 Å². The van der Waals surface area contributed by atoms with Crippen molar-refractivity contribution in [1.82, 2.24) is 4.31 Å². The maximum absolute atomic E-state index is 12.8. The van der Waals surface area contributed by atoms with Gasteiger partial charge in [0.2, 0.25) is 10.0 Å². The van der Waals surface area contributed by atoms with E-state index in [0.717, 1.165) is 18.9 Å². The summed E-state index contributed by atoms with van der Waals surface area (Å²) in [4.78, 5) is 10.1. The lowest BCUT2D eigenvalue weighted by molar-refractivity contribution is -0.385. The van der Waals surface area contributed by atoms with Crippen molar-refractivity contribution in [2.75, 3.05) is 26.7 Å². The first-order valence-electron chi connectivity index (χ1n) is 6.92. The molecule has 0 bridgehead atoms. The molecule has 0 radical (unpaired) electrons. The second-order valence-electron chi connectivity index (χ2n) is 5.20. The zero-order chi connectivity index (χ0) is 16.3. The molecule has 9 heteroatoms. The van der Waals surface area contributed by atoms with Gasteiger partial charge in [0.25, 0.3) is 5.69 Å². The Bertz CT molecular complexity index is 662. The van der Waals surface area contributed by atoms with Crippen LogP contribution in [0.5, 0.6) is 5.75 Å². The van der Waals surface area contributed by atoms with E-state index in [1.54, 1.807) is 0 Å². The minimum absolute atomic E-state index is 0.0977. The van der Waals surface area contributed by atoms with Gasteiger partial charge in [0.05, 0.1) is 12.0 Å². The number of piperidine rings is 1. The van der Waals surface area contributed by atoms with Gasteiger partial charge in [-0.25, -0.2) is 8.42 Å². The van der Waals surface area contributed by atoms with Crippen LogP contribution in [0, 0.1) is 16.0 Å². The van der Waals surface area contributed by atoms with Gasteiger partial charge in [-0.05, 0) is 31.4 Å². The molecule has 0 saturated carbocycles. The second-order valence-corrected chi connectivity index (χ2v) is 7.11. The molecule has 122 valence electrons. The molecule has 22 heavy (non-hydrogen) atoms. The molecule has 1 aliphatic heterocycles. The van der Waals surface area contributed by atoms with Gasteiger partial charge in [-0.15, -0.1) is 0 Å². The van der Waals surface area contributed by atoms with Crippen LogP contribution < -0.4 is 10.5 Å². The Labute approximate surface area is 129 Å². The molecule has 1 aromatic carbocycles. The topological polar surface area (TPSA) is 116 Å². The Kier molecular flexibility index (Phi) is 4.99. The van der Waals surface area contributed by atoms with Crippen LogP contribution in [0.4, 0.5) is 5.69 Å². The Balaban J connectivity index is 2.43. The summed E-state index contributed by atoms with van der Waals surface area (Å²) in [7, 11) is -2.52. The van der Waals surface area contributed by atoms with Crippen molar-refractivity contribution >= 4 is 15.7 Å². The Morgan fingerprint density at radius 3 is 2.82 bits per heavy atom. The lowest BCUT2D eigenvalue weighted by atomic mass is 10.0. The predicted octanol–water partition coefficient (Wildman–Crippen LogP) is 0.963. The molecule has 0 aliphatic carbocycles. The number of sulfonamides is 1. The van der Waals surface area contributed by atoms with E-state index < -0.39 is 14.9 Å². The third-order valence-electron chi connectivity index (χ3n) is 3.79. The quantitative estimate of drug-likeness (QED) is 0.635. The Morgan fingerprint density at radius 1 is 1.50 bits per heavy atom. The number of nitrogens with two attached hydrogens (primary N) is 1. The number of methoxy groups -OCH3 is 1. The summed E-state index contributed by atoms with van der Waals surface area (Å²) in [6.07, 6.45) is 1.60. The fraction of sp³-hybridized carbons (Fsp3) is 0.538. The average Bonchev–Trinajstić information content (AvgIpc) is 2.54. The molecule has 0 aromatic heterocycles. The number of hydrogen-bond acceptors (Lipinski definition) is 6. The van der Waals surface area contributed by atoms with Gasteiger partial charge in [-0.3, -0.25) is 10.1 Å². The summed E-state index contributed by atoms with van der Waals surface area (Å²) in [5.41, 5.74) is 5.35. The standard InChI is InChI=1S/C13H19N3O5S/c1-21-12-5-4-11(16(17)18)7-13(12)22(19,20)15-6-2-3-10(8-14)9-15/h4-5,7,10H,2-3,6,8-9,14H2,1H3. The van der Waals surface area contributed by atoms with Crippen molar-refractivity contribution < 1.29 is 18.1 Å². The first-order chi connectivity index (χ1) is 10.4. The van der Waals surface area contributed by atoms with E-state index in [4.69, 9.17) is 10.5 Å². The van der Waals surface area contributed by atoms with Gasteiger partial charge >= 0.3 is 0 Å². The molecule has 0 spiro atoms. The van der Waals surface area contributed by atoms with Crippen molar-refractivity contribution in [3.63, 3.8) is 0 Å². The fourth-order valence-corrected chi connectivity index (χ4v) is 4.29. The van der Waals surface area contributed by atoms with Gasteiger partial charge in [-0.2, -0.15) is 4.31 Å². The number of nitro groups is 1. The number of benzene rings is 1. The van der Waals surface area contributed by atoms with Gasteiger partial charge in [-0.1, -0.05) is 0 Å². The van der Waals surface area contributed by atoms with Gasteiger partial charge in [0.1, 0.15) is 10.6 Å². The molecular weight excluding hydrogens is 310 g/mol. The van der Waals surface area contributed by atoms with Crippen molar-refractivity contribution in [3.05, 3.63) is 28.3 Å². The molecule has 1 aromatic rings. The van der Waals surface area contributed by atoms with Crippen LogP contribution in [0.2, 0.25) is 0 Å². The SMILES string of the molecule is COc1ccc([N+](=O)[O-])cc1S(=O)(=O)N1CCCC(CN)C1. The molecular formula is C13H19N3O5S. The maximum Gasteiger partial charge on any atom is 0.271 e. The van der Waals surface area contributed by atoms with E-state index in [1.165, 1.54) is 23.5 Å². The highest BCUT2D eigenvalue weighted by Gasteiger charge is 2.33. The zero-order valence-electron chi connectivity index (χ0n) is 12.3. The lowest BCUT2D eigenvalue weighted by Gasteiger charge is -2.31. The van der Waals surface area contributed by atoms with E-state index in [0.29, 0.717) is 19.6 Å². The third-order valence-corrected chi connectivity index (χ3v) is 5.68. The number of hydrogen-bond donors (Lipinski definition) is 1. The average molecular weight is 329 g/mol. The molecule has 1 unspecified atom stereocenters. The summed E-state index contributed by atoms with van der Waals surface area (Å²) >= 11 is 0. The zero-order valence-corrected chi connectivity index (χ0v) is 13.1. The molecule has 1 aliphatic rings. The lowest BCUT2D eigenvalue weighted by Crippen LogP contribution is -2.42. The normalized spacial score (nSPS) is 19.8. The van der Waals surface area contributed by atoms with E-state index in [1.807, 2.05) is 0 Å². The highest BCUT2D eigenvalue weighted by atomic mass is 32.2. The van der Waals surface area contributed by atoms with Crippen LogP contribution in [-0.4, -0.2) is 44.4 Å². The summed E-state index contributed by atoms with van der Waals surface area (Å²) < 4.78 is 32.0. The summed E-state index contributed by atoms with van der Waals surface area (Å²) in [6.45, 7) is 1.12. The van der Waals surface area contributed by atoms with Crippen LogP contribution >= 0.6 is 0 Å². The predicted molar refractivity (Wildman–Crippen MR) is 80.2 cm³/mol. The Hall–Kier alpha value is -1.71. The van der Waals surface area contributed by atoms with Crippen LogP contribution in [0.25, 0.3) is 0 Å². The maximum atomic E-state index is 12.8. The molecule has 8 nitrogen and oxygen atoms in total. The number of rotatable bonds is 5. The van der Waals surface area contributed by atoms with Crippen LogP contribution in [0.1, 0.15) is 12.8 Å². The van der Waals surface area contributed by atoms with Crippen LogP contribution in [-0.2, 0) is 10.0 Å². The summed E-state index contributed by atoms with van der Waals surface area (Å²) in [5.74, 6) is 0.202. The monoisotopic (exact) mass is 329 g/mol. The molecule has 1 heterocycles. The first kappa shape index (κ1) is 16.7. The van der Waals surface area contributed by atoms with E-state index in [2.05, 4.69) is 0 Å². The molecule has 2 N–H and O–H groups in total.